The van der Waals surface area contributed by atoms with Crippen LogP contribution in [0.5, 0.6) is 0 Å². The van der Waals surface area contributed by atoms with Crippen LogP contribution in [-0.2, 0) is 16.0 Å². The van der Waals surface area contributed by atoms with Crippen LogP contribution < -0.4 is 0 Å². The fourth-order valence-electron chi connectivity index (χ4n) is 2.84. The van der Waals surface area contributed by atoms with Gasteiger partial charge in [0, 0.05) is 9.90 Å². The average Bonchev–Trinajstić information content (AvgIpc) is 3.10. The van der Waals surface area contributed by atoms with E-state index in [1.165, 1.54) is 0 Å². The van der Waals surface area contributed by atoms with Gasteiger partial charge in [0.05, 0.1) is 12.5 Å². The Morgan fingerprint density at radius 1 is 1.08 bits per heavy atom. The molecule has 0 spiro atoms. The Morgan fingerprint density at radius 2 is 1.80 bits per heavy atom. The molecule has 0 aliphatic heterocycles. The lowest BCUT2D eigenvalue weighted by atomic mass is 9.91. The van der Waals surface area contributed by atoms with E-state index in [1.54, 1.807) is 11.3 Å². The lowest BCUT2D eigenvalue weighted by molar-refractivity contribution is -0.144. The summed E-state index contributed by atoms with van der Waals surface area (Å²) in [4.78, 5) is 13.7. The molecule has 3 aromatic rings. The maximum absolute atomic E-state index is 12.6. The molecule has 4 heteroatoms. The molecule has 0 saturated heterocycles. The molecule has 128 valence electrons. The molecule has 0 aliphatic rings. The van der Waals surface area contributed by atoms with Crippen molar-refractivity contribution in [2.24, 2.45) is 0 Å². The van der Waals surface area contributed by atoms with Gasteiger partial charge in [-0.3, -0.25) is 4.79 Å². The van der Waals surface area contributed by atoms with E-state index in [0.29, 0.717) is 18.1 Å². The quantitative estimate of drug-likeness (QED) is 0.500. The second-order valence-corrected chi connectivity index (χ2v) is 7.06. The number of hydrogen-bond acceptors (Lipinski definition) is 3. The topological polar surface area (TPSA) is 26.3 Å². The maximum atomic E-state index is 12.6. The highest BCUT2D eigenvalue weighted by molar-refractivity contribution is 7.13. The zero-order valence-corrected chi connectivity index (χ0v) is 15.5. The lowest BCUT2D eigenvalue weighted by Gasteiger charge is -2.17. The third-order valence-electron chi connectivity index (χ3n) is 4.03. The molecule has 0 N–H and O–H groups in total. The summed E-state index contributed by atoms with van der Waals surface area (Å²) in [6.45, 7) is 2.22. The van der Waals surface area contributed by atoms with E-state index in [2.05, 4.69) is 0 Å². The summed E-state index contributed by atoms with van der Waals surface area (Å²) in [5.74, 6) is -0.501. The van der Waals surface area contributed by atoms with Crippen LogP contribution in [0.3, 0.4) is 0 Å². The van der Waals surface area contributed by atoms with Gasteiger partial charge in [-0.15, -0.1) is 11.3 Å². The molecule has 1 aromatic heterocycles. The van der Waals surface area contributed by atoms with Gasteiger partial charge >= 0.3 is 5.97 Å². The molecule has 0 aliphatic carbocycles. The predicted octanol–water partition coefficient (Wildman–Crippen LogP) is 5.96. The number of ether oxygens (including phenoxy) is 1. The molecule has 1 unspecified atom stereocenters. The number of halogens is 1. The van der Waals surface area contributed by atoms with E-state index < -0.39 is 0 Å². The lowest BCUT2D eigenvalue weighted by Crippen LogP contribution is -2.18. The zero-order chi connectivity index (χ0) is 17.6. The summed E-state index contributed by atoms with van der Waals surface area (Å²) < 4.78 is 5.35. The number of benzene rings is 2. The Balaban J connectivity index is 1.97. The summed E-state index contributed by atoms with van der Waals surface area (Å²) in [5, 5.41) is 2.73. The summed E-state index contributed by atoms with van der Waals surface area (Å²) >= 11 is 7.64. The first-order valence-electron chi connectivity index (χ1n) is 8.23. The Bertz CT molecular complexity index is 825. The number of carbonyl (C=O) groups excluding carboxylic acids is 1. The molecule has 1 atom stereocenters. The van der Waals surface area contributed by atoms with Crippen molar-refractivity contribution in [2.75, 3.05) is 6.61 Å². The SMILES string of the molecule is CCOC(=O)C(Cc1ccccc1)c1ccsc1-c1ccc(Cl)cc1. The number of esters is 1. The number of rotatable bonds is 6. The van der Waals surface area contributed by atoms with Crippen LogP contribution in [0, 0.1) is 0 Å². The van der Waals surface area contributed by atoms with Crippen LogP contribution in [0.4, 0.5) is 0 Å². The van der Waals surface area contributed by atoms with Gasteiger partial charge in [0.1, 0.15) is 0 Å². The van der Waals surface area contributed by atoms with Crippen molar-refractivity contribution in [3.8, 4) is 10.4 Å². The van der Waals surface area contributed by atoms with Crippen LogP contribution in [0.1, 0.15) is 24.0 Å². The Hall–Kier alpha value is -2.10. The van der Waals surface area contributed by atoms with Crippen LogP contribution in [0.25, 0.3) is 10.4 Å². The van der Waals surface area contributed by atoms with Crippen molar-refractivity contribution in [3.63, 3.8) is 0 Å². The Labute approximate surface area is 157 Å². The molecule has 0 amide bonds. The van der Waals surface area contributed by atoms with Crippen molar-refractivity contribution in [1.29, 1.82) is 0 Å². The smallest absolute Gasteiger partial charge is 0.313 e. The number of carbonyl (C=O) groups is 1. The zero-order valence-electron chi connectivity index (χ0n) is 13.9. The first-order valence-corrected chi connectivity index (χ1v) is 9.48. The number of hydrogen-bond donors (Lipinski definition) is 0. The minimum Gasteiger partial charge on any atom is -0.466 e. The van der Waals surface area contributed by atoms with Crippen LogP contribution >= 0.6 is 22.9 Å². The van der Waals surface area contributed by atoms with Gasteiger partial charge < -0.3 is 4.74 Å². The van der Waals surface area contributed by atoms with E-state index in [9.17, 15) is 4.79 Å². The fourth-order valence-corrected chi connectivity index (χ4v) is 3.94. The fraction of sp³-hybridized carbons (Fsp3) is 0.190. The molecule has 0 radical (unpaired) electrons. The molecule has 1 heterocycles. The number of thiophene rings is 1. The third-order valence-corrected chi connectivity index (χ3v) is 5.26. The van der Waals surface area contributed by atoms with Gasteiger partial charge in [0.15, 0.2) is 0 Å². The highest BCUT2D eigenvalue weighted by Gasteiger charge is 2.26. The molecule has 0 saturated carbocycles. The van der Waals surface area contributed by atoms with Gasteiger partial charge in [-0.25, -0.2) is 0 Å². The molecule has 3 rings (SSSR count). The first-order chi connectivity index (χ1) is 12.2. The first kappa shape index (κ1) is 17.7. The molecule has 0 bridgehead atoms. The van der Waals surface area contributed by atoms with Crippen molar-refractivity contribution in [2.45, 2.75) is 19.3 Å². The van der Waals surface area contributed by atoms with Crippen molar-refractivity contribution >= 4 is 28.9 Å². The summed E-state index contributed by atoms with van der Waals surface area (Å²) in [6, 6.07) is 19.8. The van der Waals surface area contributed by atoms with Gasteiger partial charge in [0.2, 0.25) is 0 Å². The maximum Gasteiger partial charge on any atom is 0.313 e. The summed E-state index contributed by atoms with van der Waals surface area (Å²) in [6.07, 6.45) is 0.622. The van der Waals surface area contributed by atoms with Crippen LogP contribution in [-0.4, -0.2) is 12.6 Å². The average molecular weight is 371 g/mol. The Morgan fingerprint density at radius 3 is 2.48 bits per heavy atom. The van der Waals surface area contributed by atoms with Gasteiger partial charge in [-0.2, -0.15) is 0 Å². The minimum absolute atomic E-state index is 0.181. The van der Waals surface area contributed by atoms with Gasteiger partial charge in [0.25, 0.3) is 0 Å². The van der Waals surface area contributed by atoms with Crippen LogP contribution in [0.15, 0.2) is 66.0 Å². The van der Waals surface area contributed by atoms with Crippen molar-refractivity contribution < 1.29 is 9.53 Å². The van der Waals surface area contributed by atoms with E-state index in [4.69, 9.17) is 16.3 Å². The van der Waals surface area contributed by atoms with Crippen molar-refractivity contribution in [1.82, 2.24) is 0 Å². The highest BCUT2D eigenvalue weighted by Crippen LogP contribution is 2.37. The van der Waals surface area contributed by atoms with E-state index in [0.717, 1.165) is 21.6 Å². The van der Waals surface area contributed by atoms with Crippen LogP contribution in [0.2, 0.25) is 5.02 Å². The van der Waals surface area contributed by atoms with E-state index >= 15 is 0 Å². The predicted molar refractivity (Wildman–Crippen MR) is 104 cm³/mol. The third kappa shape index (κ3) is 4.30. The molecular formula is C21H19ClO2S. The molecule has 0 fully saturated rings. The Kier molecular flexibility index (Phi) is 5.90. The molecule has 2 aromatic carbocycles. The van der Waals surface area contributed by atoms with E-state index in [1.807, 2.05) is 73.0 Å². The standard InChI is InChI=1S/C21H19ClO2S/c1-2-24-21(23)19(14-15-6-4-3-5-7-15)18-12-13-25-20(18)16-8-10-17(22)11-9-16/h3-13,19H,2,14H2,1H3. The minimum atomic E-state index is -0.320. The highest BCUT2D eigenvalue weighted by atomic mass is 35.5. The normalized spacial score (nSPS) is 11.9. The van der Waals surface area contributed by atoms with Gasteiger partial charge in [-0.05, 0) is 53.6 Å². The second-order valence-electron chi connectivity index (χ2n) is 5.71. The largest absolute Gasteiger partial charge is 0.466 e. The molecule has 25 heavy (non-hydrogen) atoms. The van der Waals surface area contributed by atoms with Gasteiger partial charge in [-0.1, -0.05) is 54.1 Å². The monoisotopic (exact) mass is 370 g/mol. The summed E-state index contributed by atoms with van der Waals surface area (Å²) in [7, 11) is 0. The van der Waals surface area contributed by atoms with E-state index in [-0.39, 0.29) is 11.9 Å². The molecular weight excluding hydrogens is 352 g/mol. The molecule has 2 nitrogen and oxygen atoms in total. The second kappa shape index (κ2) is 8.32. The van der Waals surface area contributed by atoms with Crippen molar-refractivity contribution in [3.05, 3.63) is 82.2 Å². The summed E-state index contributed by atoms with van der Waals surface area (Å²) in [5.41, 5.74) is 3.19.